The number of hydrogen-bond donors (Lipinski definition) is 6. The van der Waals surface area contributed by atoms with E-state index in [1.54, 1.807) is 18.2 Å². The highest BCUT2D eigenvalue weighted by Gasteiger charge is 2.26. The molecule has 0 aliphatic carbocycles. The van der Waals surface area contributed by atoms with Crippen molar-refractivity contribution in [3.05, 3.63) is 23.8 Å². The van der Waals surface area contributed by atoms with Gasteiger partial charge in [-0.1, -0.05) is 6.07 Å². The Labute approximate surface area is 221 Å². The minimum atomic E-state index is -1.10. The van der Waals surface area contributed by atoms with Crippen LogP contribution in [0.15, 0.2) is 18.2 Å². The molecular weight excluding hydrogens is 498 g/mol. The average molecular weight is 536 g/mol. The molecule has 210 valence electrons. The Morgan fingerprint density at radius 3 is 2.58 bits per heavy atom. The number of piperidine rings is 1. The molecule has 0 spiro atoms. The van der Waals surface area contributed by atoms with Gasteiger partial charge in [0.25, 0.3) is 0 Å². The lowest BCUT2D eigenvalue weighted by atomic mass is 9.98. The number of alkyl carbamates (subject to hydrolysis) is 1. The molecule has 1 aromatic rings. The zero-order valence-electron chi connectivity index (χ0n) is 21.5. The van der Waals surface area contributed by atoms with Crippen molar-refractivity contribution in [2.75, 3.05) is 40.1 Å². The molecule has 0 saturated carbocycles. The number of methoxy groups -OCH3 is 1. The largest absolute Gasteiger partial charge is 0.481 e. The Balaban J connectivity index is 1.60. The lowest BCUT2D eigenvalue weighted by Crippen LogP contribution is -2.51. The second-order valence-corrected chi connectivity index (χ2v) is 9.29. The van der Waals surface area contributed by atoms with E-state index in [-0.39, 0.29) is 19.1 Å². The van der Waals surface area contributed by atoms with Crippen molar-refractivity contribution in [3.8, 4) is 11.5 Å². The normalized spacial score (nSPS) is 16.1. The third-order valence-corrected chi connectivity index (χ3v) is 6.50. The number of amides is 4. The summed E-state index contributed by atoms with van der Waals surface area (Å²) >= 11 is 0. The van der Waals surface area contributed by atoms with Gasteiger partial charge in [0.2, 0.25) is 12.7 Å². The predicted molar refractivity (Wildman–Crippen MR) is 136 cm³/mol. The van der Waals surface area contributed by atoms with Crippen molar-refractivity contribution < 1.29 is 38.5 Å². The number of urea groups is 1. The molecule has 1 aromatic carbocycles. The van der Waals surface area contributed by atoms with Crippen LogP contribution in [-0.4, -0.2) is 75.2 Å². The number of ether oxygens (including phenoxy) is 3. The maximum atomic E-state index is 13.0. The molecule has 13 heteroatoms. The van der Waals surface area contributed by atoms with Crippen LogP contribution in [0.3, 0.4) is 0 Å². The summed E-state index contributed by atoms with van der Waals surface area (Å²) in [5.74, 6) is -0.0278. The molecule has 2 aliphatic rings. The van der Waals surface area contributed by atoms with Gasteiger partial charge in [0, 0.05) is 13.1 Å². The first-order valence-corrected chi connectivity index (χ1v) is 12.8. The molecule has 6 N–H and O–H groups in total. The quantitative estimate of drug-likeness (QED) is 0.203. The summed E-state index contributed by atoms with van der Waals surface area (Å²) in [5, 5.41) is 23.6. The van der Waals surface area contributed by atoms with Crippen LogP contribution in [0, 0.1) is 5.92 Å². The van der Waals surface area contributed by atoms with Crippen LogP contribution >= 0.6 is 0 Å². The fourth-order valence-corrected chi connectivity index (χ4v) is 4.37. The molecule has 0 aromatic heterocycles. The molecule has 38 heavy (non-hydrogen) atoms. The second kappa shape index (κ2) is 14.9. The van der Waals surface area contributed by atoms with Crippen LogP contribution in [0.2, 0.25) is 0 Å². The van der Waals surface area contributed by atoms with Gasteiger partial charge in [-0.15, -0.1) is 0 Å². The average Bonchev–Trinajstić information content (AvgIpc) is 3.38. The number of hydrogen-bond acceptors (Lipinski definition) is 8. The van der Waals surface area contributed by atoms with Crippen LogP contribution in [0.5, 0.6) is 11.5 Å². The first-order chi connectivity index (χ1) is 18.4. The Morgan fingerprint density at radius 1 is 1.08 bits per heavy atom. The monoisotopic (exact) mass is 535 g/mol. The topological polar surface area (TPSA) is 176 Å². The number of nitrogens with one attached hydrogen (secondary N) is 5. The molecule has 0 bridgehead atoms. The van der Waals surface area contributed by atoms with Crippen LogP contribution in [0.1, 0.15) is 50.1 Å². The number of rotatable bonds is 13. The fourth-order valence-electron chi connectivity index (χ4n) is 4.37. The molecule has 2 aliphatic heterocycles. The first-order valence-electron chi connectivity index (χ1n) is 12.8. The Bertz CT molecular complexity index is 969. The van der Waals surface area contributed by atoms with E-state index in [0.717, 1.165) is 25.9 Å². The van der Waals surface area contributed by atoms with E-state index in [1.165, 1.54) is 7.11 Å². The zero-order chi connectivity index (χ0) is 27.3. The van der Waals surface area contributed by atoms with Crippen LogP contribution < -0.4 is 36.1 Å². The number of fused-ring (bicyclic) bond motifs is 1. The van der Waals surface area contributed by atoms with Gasteiger partial charge in [0.1, 0.15) is 6.04 Å². The van der Waals surface area contributed by atoms with Crippen molar-refractivity contribution in [3.63, 3.8) is 0 Å². The van der Waals surface area contributed by atoms with Gasteiger partial charge in [-0.3, -0.25) is 9.59 Å². The van der Waals surface area contributed by atoms with Crippen LogP contribution in [0.25, 0.3) is 0 Å². The van der Waals surface area contributed by atoms with Gasteiger partial charge >= 0.3 is 18.1 Å². The van der Waals surface area contributed by atoms with E-state index in [0.29, 0.717) is 55.3 Å². The number of benzene rings is 1. The van der Waals surface area contributed by atoms with E-state index in [1.807, 2.05) is 0 Å². The summed E-state index contributed by atoms with van der Waals surface area (Å²) in [7, 11) is 1.28. The van der Waals surface area contributed by atoms with Crippen LogP contribution in [-0.2, 0) is 14.3 Å². The van der Waals surface area contributed by atoms with Gasteiger partial charge in [-0.2, -0.15) is 0 Å². The minimum absolute atomic E-state index is 0.0691. The maximum absolute atomic E-state index is 13.0. The van der Waals surface area contributed by atoms with Crippen molar-refractivity contribution in [1.29, 1.82) is 0 Å². The molecule has 0 radical (unpaired) electrons. The summed E-state index contributed by atoms with van der Waals surface area (Å²) in [6, 6.07) is 2.60. The van der Waals surface area contributed by atoms with Crippen LogP contribution in [0.4, 0.5) is 9.59 Å². The van der Waals surface area contributed by atoms with Crippen molar-refractivity contribution in [2.45, 2.75) is 50.6 Å². The second-order valence-electron chi connectivity index (χ2n) is 9.29. The molecule has 1 saturated heterocycles. The van der Waals surface area contributed by atoms with Gasteiger partial charge in [-0.25, -0.2) is 9.59 Å². The maximum Gasteiger partial charge on any atom is 0.406 e. The van der Waals surface area contributed by atoms with E-state index >= 15 is 0 Å². The van der Waals surface area contributed by atoms with Gasteiger partial charge < -0.3 is 45.9 Å². The van der Waals surface area contributed by atoms with Gasteiger partial charge in [0.15, 0.2) is 11.5 Å². The molecule has 3 rings (SSSR count). The summed E-state index contributed by atoms with van der Waals surface area (Å²) < 4.78 is 15.2. The highest BCUT2D eigenvalue weighted by Crippen LogP contribution is 2.34. The molecule has 13 nitrogen and oxygen atoms in total. The van der Waals surface area contributed by atoms with E-state index in [9.17, 15) is 24.3 Å². The standard InChI is InChI=1S/C25H37N5O8/c1-36-25(35)27-9-3-2-4-18(23(33)28-14-16-7-10-26-11-8-16)29-24(34)30-19(13-22(31)32)17-5-6-20-21(12-17)38-15-37-20/h5-6,12,16,18-19,26H,2-4,7-11,13-15H2,1H3,(H,27,35)(H,28,33)(H,31,32)(H2,29,30,34)/t18-,19-/m0/s1. The molecular formula is C25H37N5O8. The third-order valence-electron chi connectivity index (χ3n) is 6.50. The van der Waals surface area contributed by atoms with Crippen molar-refractivity contribution >= 4 is 24.0 Å². The van der Waals surface area contributed by atoms with E-state index < -0.39 is 30.2 Å². The number of unbranched alkanes of at least 4 members (excludes halogenated alkanes) is 1. The van der Waals surface area contributed by atoms with E-state index in [2.05, 4.69) is 31.3 Å². The number of aliphatic carboxylic acids is 1. The van der Waals surface area contributed by atoms with E-state index in [4.69, 9.17) is 9.47 Å². The zero-order valence-corrected chi connectivity index (χ0v) is 21.5. The first kappa shape index (κ1) is 28.8. The summed E-state index contributed by atoms with van der Waals surface area (Å²) in [5.41, 5.74) is 0.535. The lowest BCUT2D eigenvalue weighted by molar-refractivity contribution is -0.137. The molecule has 2 heterocycles. The Kier molecular flexibility index (Phi) is 11.3. The minimum Gasteiger partial charge on any atom is -0.481 e. The number of carboxylic acid groups (broad SMARTS) is 1. The number of carbonyl (C=O) groups is 4. The fraction of sp³-hybridized carbons (Fsp3) is 0.600. The highest BCUT2D eigenvalue weighted by atomic mass is 16.7. The number of carbonyl (C=O) groups excluding carboxylic acids is 3. The van der Waals surface area contributed by atoms with Gasteiger partial charge in [0.05, 0.1) is 19.6 Å². The third kappa shape index (κ3) is 9.29. The molecule has 1 fully saturated rings. The predicted octanol–water partition coefficient (Wildman–Crippen LogP) is 1.24. The number of carboxylic acids is 1. The molecule has 2 atom stereocenters. The molecule has 0 unspecified atom stereocenters. The smallest absolute Gasteiger partial charge is 0.406 e. The highest BCUT2D eigenvalue weighted by molar-refractivity contribution is 5.87. The molecule has 4 amide bonds. The van der Waals surface area contributed by atoms with Crippen molar-refractivity contribution in [1.82, 2.24) is 26.6 Å². The van der Waals surface area contributed by atoms with Crippen molar-refractivity contribution in [2.24, 2.45) is 5.92 Å². The van der Waals surface area contributed by atoms with Gasteiger partial charge in [-0.05, 0) is 68.8 Å². The summed E-state index contributed by atoms with van der Waals surface area (Å²) in [4.78, 5) is 48.7. The Hall–Kier alpha value is -3.74. The summed E-state index contributed by atoms with van der Waals surface area (Å²) in [6.07, 6.45) is 2.49. The SMILES string of the molecule is COC(=O)NCCCC[C@H](NC(=O)N[C@@H](CC(=O)O)c1ccc2c(c1)OCO2)C(=O)NCC1CCNCC1. The summed E-state index contributed by atoms with van der Waals surface area (Å²) in [6.45, 7) is 2.76. The lowest BCUT2D eigenvalue weighted by Gasteiger charge is -2.25. The Morgan fingerprint density at radius 2 is 1.84 bits per heavy atom.